The van der Waals surface area contributed by atoms with Gasteiger partial charge in [-0.3, -0.25) is 4.98 Å². The molecule has 1 atom stereocenters. The maximum atomic E-state index is 12.4. The second kappa shape index (κ2) is 9.47. The smallest absolute Gasteiger partial charge is 0.435 e. The van der Waals surface area contributed by atoms with E-state index >= 15 is 0 Å². The van der Waals surface area contributed by atoms with Gasteiger partial charge in [-0.15, -0.1) is 0 Å². The van der Waals surface area contributed by atoms with E-state index in [2.05, 4.69) is 74.2 Å². The Kier molecular flexibility index (Phi) is 6.91. The summed E-state index contributed by atoms with van der Waals surface area (Å²) in [7, 11) is 0. The Labute approximate surface area is 213 Å². The third kappa shape index (κ3) is 5.19. The highest BCUT2D eigenvalue weighted by atomic mass is 32.2. The Morgan fingerprint density at radius 3 is 2.31 bits per heavy atom. The maximum Gasteiger partial charge on any atom is 0.514 e. The number of carboxylic acid groups (broad SMARTS) is 1. The van der Waals surface area contributed by atoms with E-state index in [0.717, 1.165) is 34.5 Å². The van der Waals surface area contributed by atoms with Crippen LogP contribution in [0.1, 0.15) is 53.5 Å². The Bertz CT molecular complexity index is 1210. The summed E-state index contributed by atoms with van der Waals surface area (Å²) in [5, 5.41) is 11.3. The van der Waals surface area contributed by atoms with Gasteiger partial charge in [0.15, 0.2) is 0 Å². The lowest BCUT2D eigenvalue weighted by Crippen LogP contribution is -2.64. The van der Waals surface area contributed by atoms with Gasteiger partial charge in [0.05, 0.1) is 18.6 Å². The fraction of sp³-hybridized carbons (Fsp3) is 0.448. The Morgan fingerprint density at radius 1 is 0.971 bits per heavy atom. The first-order chi connectivity index (χ1) is 16.4. The molecule has 2 heterocycles. The average Bonchev–Trinajstić information content (AvgIpc) is 3.02. The largest absolute Gasteiger partial charge is 0.514 e. The minimum atomic E-state index is -0.727. The fourth-order valence-electron chi connectivity index (χ4n) is 5.04. The average molecular weight is 493 g/mol. The second-order valence-electron chi connectivity index (χ2n) is 11.6. The number of quaternary nitrogens is 1. The predicted octanol–water partition coefficient (Wildman–Crippen LogP) is 7.19. The van der Waals surface area contributed by atoms with E-state index in [0.29, 0.717) is 19.6 Å². The lowest BCUT2D eigenvalue weighted by Gasteiger charge is -2.42. The van der Waals surface area contributed by atoms with Crippen LogP contribution in [-0.2, 0) is 5.41 Å². The van der Waals surface area contributed by atoms with Crippen molar-refractivity contribution in [3.63, 3.8) is 0 Å². The van der Waals surface area contributed by atoms with Crippen molar-refractivity contribution in [3.05, 3.63) is 60.3 Å². The molecule has 4 rings (SSSR count). The van der Waals surface area contributed by atoms with E-state index in [-0.39, 0.29) is 15.4 Å². The van der Waals surface area contributed by atoms with Gasteiger partial charge in [0.1, 0.15) is 12.1 Å². The second-order valence-corrected chi connectivity index (χ2v) is 12.7. The molecule has 1 aliphatic rings. The predicted molar refractivity (Wildman–Crippen MR) is 146 cm³/mol. The number of aromatic nitrogens is 1. The molecule has 35 heavy (non-hydrogen) atoms. The van der Waals surface area contributed by atoms with E-state index in [1.165, 1.54) is 10.5 Å². The molecule has 3 aromatic rings. The van der Waals surface area contributed by atoms with Gasteiger partial charge in [-0.1, -0.05) is 50.7 Å². The van der Waals surface area contributed by atoms with E-state index in [1.54, 1.807) is 11.8 Å². The minimum Gasteiger partial charge on any atom is -0.435 e. The summed E-state index contributed by atoms with van der Waals surface area (Å²) in [6.45, 7) is 15.6. The van der Waals surface area contributed by atoms with Gasteiger partial charge in [0.2, 0.25) is 0 Å². The summed E-state index contributed by atoms with van der Waals surface area (Å²) in [5.41, 5.74) is 3.22. The van der Waals surface area contributed by atoms with Crippen molar-refractivity contribution in [2.75, 3.05) is 31.1 Å². The molecule has 2 aromatic carbocycles. The van der Waals surface area contributed by atoms with E-state index in [1.807, 2.05) is 27.0 Å². The SMILES string of the molecule is CC(C)(C)c1ccc(Sc2cnc3cccc(N4CCC[N+](C(=O)O)(C(C)(C)C)CC4)c3c2)cc1. The molecule has 5 nitrogen and oxygen atoms in total. The van der Waals surface area contributed by atoms with Gasteiger partial charge in [-0.05, 0) is 62.1 Å². The van der Waals surface area contributed by atoms with Crippen LogP contribution in [0.15, 0.2) is 64.5 Å². The summed E-state index contributed by atoms with van der Waals surface area (Å²) in [5.74, 6) is 0. The fourth-order valence-corrected chi connectivity index (χ4v) is 5.87. The van der Waals surface area contributed by atoms with E-state index < -0.39 is 6.09 Å². The molecular weight excluding hydrogens is 454 g/mol. The third-order valence-corrected chi connectivity index (χ3v) is 8.31. The summed E-state index contributed by atoms with van der Waals surface area (Å²) < 4.78 is 0.0954. The highest BCUT2D eigenvalue weighted by Gasteiger charge is 2.48. The van der Waals surface area contributed by atoms with Crippen molar-refractivity contribution in [1.82, 2.24) is 4.98 Å². The Balaban J connectivity index is 1.62. The molecule has 1 fully saturated rings. The van der Waals surface area contributed by atoms with E-state index in [9.17, 15) is 9.90 Å². The molecule has 6 heteroatoms. The standard InChI is InChI=1S/C29H37N3O2S/c1-28(2,3)21-11-13-22(14-12-21)35-23-19-24-25(30-20-23)9-7-10-26(24)31-15-8-17-32(18-16-31,27(33)34)29(4,5)6/h7,9-14,19-20H,8,15-18H2,1-6H3/p+1. The number of hydrogen-bond donors (Lipinski definition) is 1. The van der Waals surface area contributed by atoms with Gasteiger partial charge in [0, 0.05) is 40.0 Å². The van der Waals surface area contributed by atoms with Crippen molar-refractivity contribution in [2.45, 2.75) is 68.7 Å². The molecule has 1 amide bonds. The first-order valence-electron chi connectivity index (χ1n) is 12.4. The molecular formula is C29H38N3O2S+. The van der Waals surface area contributed by atoms with Crippen molar-refractivity contribution in [2.24, 2.45) is 0 Å². The first-order valence-corrected chi connectivity index (χ1v) is 13.3. The van der Waals surface area contributed by atoms with Gasteiger partial charge in [-0.2, -0.15) is 4.79 Å². The molecule has 1 unspecified atom stereocenters. The van der Waals surface area contributed by atoms with E-state index in [4.69, 9.17) is 4.98 Å². The molecule has 1 aromatic heterocycles. The number of hydrogen-bond acceptors (Lipinski definition) is 4. The topological polar surface area (TPSA) is 53.4 Å². The van der Waals surface area contributed by atoms with Gasteiger partial charge < -0.3 is 10.0 Å². The molecule has 186 valence electrons. The van der Waals surface area contributed by atoms with Crippen molar-refractivity contribution >= 4 is 34.4 Å². The number of nitrogens with zero attached hydrogens (tertiary/aromatic N) is 3. The zero-order valence-electron chi connectivity index (χ0n) is 21.8. The van der Waals surface area contributed by atoms with Gasteiger partial charge in [0.25, 0.3) is 0 Å². The highest BCUT2D eigenvalue weighted by molar-refractivity contribution is 7.99. The number of fused-ring (bicyclic) bond motifs is 1. The molecule has 0 spiro atoms. The van der Waals surface area contributed by atoms with Crippen LogP contribution >= 0.6 is 11.8 Å². The third-order valence-electron chi connectivity index (χ3n) is 7.34. The summed E-state index contributed by atoms with van der Waals surface area (Å²) in [4.78, 5) is 21.8. The molecule has 0 aliphatic carbocycles. The number of pyridine rings is 1. The number of amides is 1. The van der Waals surface area contributed by atoms with Crippen molar-refractivity contribution in [3.8, 4) is 0 Å². The number of rotatable bonds is 3. The van der Waals surface area contributed by atoms with Gasteiger partial charge >= 0.3 is 6.09 Å². The van der Waals surface area contributed by atoms with Crippen LogP contribution in [0.25, 0.3) is 10.9 Å². The zero-order valence-corrected chi connectivity index (χ0v) is 22.7. The van der Waals surface area contributed by atoms with Crippen LogP contribution in [0, 0.1) is 0 Å². The lowest BCUT2D eigenvalue weighted by molar-refractivity contribution is -0.901. The summed E-state index contributed by atoms with van der Waals surface area (Å²) >= 11 is 1.73. The summed E-state index contributed by atoms with van der Waals surface area (Å²) in [6.07, 6.45) is 2.06. The molecule has 0 radical (unpaired) electrons. The van der Waals surface area contributed by atoms with Crippen LogP contribution in [0.5, 0.6) is 0 Å². The number of anilines is 1. The maximum absolute atomic E-state index is 12.4. The van der Waals surface area contributed by atoms with Crippen LogP contribution in [0.4, 0.5) is 10.5 Å². The number of carbonyl (C=O) groups is 1. The normalized spacial score (nSPS) is 19.5. The zero-order chi connectivity index (χ0) is 25.4. The monoisotopic (exact) mass is 492 g/mol. The summed E-state index contributed by atoms with van der Waals surface area (Å²) in [6, 6.07) is 17.3. The minimum absolute atomic E-state index is 0.0954. The number of benzene rings is 2. The molecule has 0 bridgehead atoms. The molecule has 1 aliphatic heterocycles. The quantitative estimate of drug-likeness (QED) is 0.392. The Hall–Kier alpha value is -2.57. The van der Waals surface area contributed by atoms with Crippen LogP contribution in [-0.4, -0.2) is 52.4 Å². The molecule has 1 N–H and O–H groups in total. The highest BCUT2D eigenvalue weighted by Crippen LogP contribution is 2.35. The Morgan fingerprint density at radius 2 is 1.69 bits per heavy atom. The van der Waals surface area contributed by atoms with Crippen LogP contribution in [0.2, 0.25) is 0 Å². The lowest BCUT2D eigenvalue weighted by atomic mass is 9.87. The van der Waals surface area contributed by atoms with Crippen LogP contribution in [0.3, 0.4) is 0 Å². The first kappa shape index (κ1) is 25.5. The molecule has 1 saturated heterocycles. The van der Waals surface area contributed by atoms with Crippen molar-refractivity contribution in [1.29, 1.82) is 0 Å². The van der Waals surface area contributed by atoms with Gasteiger partial charge in [-0.25, -0.2) is 4.48 Å². The molecule has 0 saturated carbocycles. The van der Waals surface area contributed by atoms with Crippen molar-refractivity contribution < 1.29 is 14.4 Å². The van der Waals surface area contributed by atoms with Crippen LogP contribution < -0.4 is 4.90 Å².